The molecule has 1 heterocycles. The number of benzene rings is 2. The van der Waals surface area contributed by atoms with Crippen LogP contribution >= 0.6 is 17.0 Å². The molecule has 9 nitrogen and oxygen atoms in total. The average molecular weight is 591 g/mol. The predicted octanol–water partition coefficient (Wildman–Crippen LogP) is 3.81. The van der Waals surface area contributed by atoms with Crippen molar-refractivity contribution in [2.45, 2.75) is 39.2 Å². The Bertz CT molecular complexity index is 1210. The first-order chi connectivity index (χ1) is 17.4. The number of carbonyl (C=O) groups is 2. The van der Waals surface area contributed by atoms with Gasteiger partial charge in [-0.25, -0.2) is 0 Å². The minimum absolute atomic E-state index is 0. The van der Waals surface area contributed by atoms with E-state index in [0.29, 0.717) is 47.6 Å². The van der Waals surface area contributed by atoms with Crippen molar-refractivity contribution in [3.8, 4) is 5.75 Å². The van der Waals surface area contributed by atoms with Crippen LogP contribution in [0, 0.1) is 5.41 Å². The van der Waals surface area contributed by atoms with Crippen molar-refractivity contribution in [3.05, 3.63) is 52.1 Å². The predicted molar refractivity (Wildman–Crippen MR) is 158 cm³/mol. The number of carbonyl (C=O) groups excluding carboxylic acids is 2. The van der Waals surface area contributed by atoms with Crippen LogP contribution in [0.15, 0.2) is 24.3 Å². The number of hydrogen-bond acceptors (Lipinski definition) is 7. The van der Waals surface area contributed by atoms with Gasteiger partial charge in [-0.05, 0) is 41.7 Å². The third-order valence-corrected chi connectivity index (χ3v) is 6.52. The Labute approximate surface area is 235 Å². The third-order valence-electron chi connectivity index (χ3n) is 6.52. The molecule has 0 saturated carbocycles. The van der Waals surface area contributed by atoms with E-state index in [-0.39, 0.29) is 53.1 Å². The quantitative estimate of drug-likeness (QED) is 0.246. The van der Waals surface area contributed by atoms with Gasteiger partial charge in [0.25, 0.3) is 5.91 Å². The zero-order valence-corrected chi connectivity index (χ0v) is 25.0. The lowest BCUT2D eigenvalue weighted by molar-refractivity contribution is 0.0955. The van der Waals surface area contributed by atoms with E-state index in [4.69, 9.17) is 10.1 Å². The molecular formula is C28H40BrN5O4. The molecule has 1 aliphatic rings. The summed E-state index contributed by atoms with van der Waals surface area (Å²) in [6, 6.07) is 7.32. The second kappa shape index (κ2) is 12.6. The van der Waals surface area contributed by atoms with Gasteiger partial charge in [-0.2, -0.15) is 0 Å². The molecule has 0 aromatic heterocycles. The third kappa shape index (κ3) is 6.47. The maximum absolute atomic E-state index is 13.5. The summed E-state index contributed by atoms with van der Waals surface area (Å²) in [5.41, 5.74) is 4.69. The van der Waals surface area contributed by atoms with Gasteiger partial charge >= 0.3 is 0 Å². The molecule has 1 aliphatic heterocycles. The number of anilines is 2. The van der Waals surface area contributed by atoms with Crippen LogP contribution in [0.1, 0.15) is 64.6 Å². The van der Waals surface area contributed by atoms with Crippen LogP contribution in [0.2, 0.25) is 0 Å². The van der Waals surface area contributed by atoms with Crippen molar-refractivity contribution in [3.63, 3.8) is 0 Å². The molecule has 0 aliphatic carbocycles. The van der Waals surface area contributed by atoms with Gasteiger partial charge in [-0.1, -0.05) is 20.8 Å². The molecule has 10 heteroatoms. The number of ether oxygens (including phenoxy) is 1. The van der Waals surface area contributed by atoms with Gasteiger partial charge in [0.1, 0.15) is 11.6 Å². The number of hydrogen-bond donors (Lipinski definition) is 4. The van der Waals surface area contributed by atoms with Crippen molar-refractivity contribution >= 4 is 45.9 Å². The van der Waals surface area contributed by atoms with E-state index in [1.807, 2.05) is 31.1 Å². The number of rotatable bonds is 10. The fraction of sp³-hybridized carbons (Fsp3) is 0.464. The number of aliphatic hydroxyl groups is 1. The lowest BCUT2D eigenvalue weighted by atomic mass is 9.84. The molecular weight excluding hydrogens is 550 g/mol. The first-order valence-corrected chi connectivity index (χ1v) is 12.4. The van der Waals surface area contributed by atoms with E-state index >= 15 is 0 Å². The number of amidine groups is 1. The van der Waals surface area contributed by atoms with Crippen LogP contribution < -0.4 is 20.3 Å². The fourth-order valence-electron chi connectivity index (χ4n) is 4.52. The van der Waals surface area contributed by atoms with E-state index in [1.165, 1.54) is 0 Å². The van der Waals surface area contributed by atoms with Gasteiger partial charge in [-0.15, -0.1) is 17.0 Å². The summed E-state index contributed by atoms with van der Waals surface area (Å²) in [4.78, 5) is 29.6. The Balaban J connectivity index is 0.00000507. The van der Waals surface area contributed by atoms with Crippen LogP contribution in [0.3, 0.4) is 0 Å². The van der Waals surface area contributed by atoms with Crippen molar-refractivity contribution < 1.29 is 19.4 Å². The fourth-order valence-corrected chi connectivity index (χ4v) is 4.52. The van der Waals surface area contributed by atoms with Gasteiger partial charge in [0.05, 0.1) is 24.9 Å². The van der Waals surface area contributed by atoms with Crippen LogP contribution in [0.25, 0.3) is 0 Å². The number of halogens is 1. The number of Topliss-reactive ketones (excluding diaryl/α,β-unsaturated/α-hetero) is 1. The molecule has 208 valence electrons. The molecule has 0 spiro atoms. The molecule has 0 radical (unpaired) electrons. The molecule has 0 atom stereocenters. The normalized spacial score (nSPS) is 12.5. The number of nitrogens with one attached hydrogen (secondary N) is 3. The summed E-state index contributed by atoms with van der Waals surface area (Å²) in [7, 11) is 6.94. The molecule has 3 rings (SSSR count). The molecule has 0 bridgehead atoms. The van der Waals surface area contributed by atoms with E-state index < -0.39 is 0 Å². The van der Waals surface area contributed by atoms with Gasteiger partial charge in [-0.3, -0.25) is 15.0 Å². The van der Waals surface area contributed by atoms with Crippen LogP contribution in [0.4, 0.5) is 11.4 Å². The number of aliphatic hydroxyl groups excluding tert-OH is 1. The molecule has 38 heavy (non-hydrogen) atoms. The first-order valence-electron chi connectivity index (χ1n) is 12.4. The van der Waals surface area contributed by atoms with Crippen molar-refractivity contribution in [1.29, 1.82) is 5.41 Å². The van der Waals surface area contributed by atoms with E-state index in [2.05, 4.69) is 31.4 Å². The second-order valence-corrected chi connectivity index (χ2v) is 10.5. The number of nitrogens with zero attached hydrogens (tertiary/aromatic N) is 2. The molecule has 1 amide bonds. The Morgan fingerprint density at radius 2 is 1.87 bits per heavy atom. The smallest absolute Gasteiger partial charge is 0.253 e. The maximum Gasteiger partial charge on any atom is 0.253 e. The highest BCUT2D eigenvalue weighted by molar-refractivity contribution is 8.93. The van der Waals surface area contributed by atoms with Crippen molar-refractivity contribution in [2.24, 2.45) is 0 Å². The summed E-state index contributed by atoms with van der Waals surface area (Å²) in [5, 5.41) is 23.9. The summed E-state index contributed by atoms with van der Waals surface area (Å²) in [6.07, 6.45) is 0.572. The molecule has 2 aromatic carbocycles. The lowest BCUT2D eigenvalue weighted by Gasteiger charge is -2.26. The highest BCUT2D eigenvalue weighted by Gasteiger charge is 2.30. The van der Waals surface area contributed by atoms with E-state index in [9.17, 15) is 14.7 Å². The molecule has 2 aromatic rings. The summed E-state index contributed by atoms with van der Waals surface area (Å²) >= 11 is 0. The number of ketones is 1. The summed E-state index contributed by atoms with van der Waals surface area (Å²) < 4.78 is 5.71. The Morgan fingerprint density at radius 1 is 1.18 bits per heavy atom. The van der Waals surface area contributed by atoms with Crippen LogP contribution in [-0.4, -0.2) is 75.5 Å². The number of methoxy groups -OCH3 is 1. The highest BCUT2D eigenvalue weighted by Crippen LogP contribution is 2.39. The number of amides is 1. The monoisotopic (exact) mass is 589 g/mol. The van der Waals surface area contributed by atoms with Crippen LogP contribution in [0.5, 0.6) is 5.75 Å². The van der Waals surface area contributed by atoms with E-state index in [0.717, 1.165) is 16.8 Å². The van der Waals surface area contributed by atoms with Crippen LogP contribution in [-0.2, 0) is 12.0 Å². The zero-order valence-electron chi connectivity index (χ0n) is 23.3. The topological polar surface area (TPSA) is 118 Å². The minimum Gasteiger partial charge on any atom is -0.494 e. The Hall–Kier alpha value is -3.11. The second-order valence-electron chi connectivity index (χ2n) is 10.5. The minimum atomic E-state index is -0.273. The standard InChI is InChI=1S/C28H39N5O4.BrH/c1-28(2,3)21-11-17(12-22(25(21)37-7)31-9-8-10-34)24(35)16-33-15-18-13-23(32(5)6)20(27(36)30-4)14-19(18)26(33)29;/h11-14,29,31,34H,8-10,15-16H2,1-7H3,(H,30,36);1H. The maximum atomic E-state index is 13.5. The average Bonchev–Trinajstić information content (AvgIpc) is 3.15. The molecule has 0 unspecified atom stereocenters. The molecule has 0 saturated heterocycles. The highest BCUT2D eigenvalue weighted by atomic mass is 79.9. The van der Waals surface area contributed by atoms with Gasteiger partial charge in [0, 0.05) is 63.2 Å². The largest absolute Gasteiger partial charge is 0.494 e. The summed E-state index contributed by atoms with van der Waals surface area (Å²) in [5.74, 6) is 0.573. The van der Waals surface area contributed by atoms with Gasteiger partial charge in [0.2, 0.25) is 0 Å². The Kier molecular flexibility index (Phi) is 10.3. The SMILES string of the molecule is Br.CNC(=O)c1cc2c(cc1N(C)C)CN(CC(=O)c1cc(NCCCO)c(OC)c(C(C)(C)C)c1)C2=N. The Morgan fingerprint density at radius 3 is 2.42 bits per heavy atom. The molecule has 0 fully saturated rings. The molecule has 4 N–H and O–H groups in total. The van der Waals surface area contributed by atoms with Gasteiger partial charge in [0.15, 0.2) is 5.78 Å². The first kappa shape index (κ1) is 31.1. The van der Waals surface area contributed by atoms with Crippen molar-refractivity contribution in [2.75, 3.05) is 58.2 Å². The lowest BCUT2D eigenvalue weighted by Crippen LogP contribution is -2.30. The zero-order chi connectivity index (χ0) is 27.5. The van der Waals surface area contributed by atoms with E-state index in [1.54, 1.807) is 31.2 Å². The number of fused-ring (bicyclic) bond motifs is 1. The van der Waals surface area contributed by atoms with Gasteiger partial charge < -0.3 is 30.3 Å². The summed E-state index contributed by atoms with van der Waals surface area (Å²) in [6.45, 7) is 7.25. The van der Waals surface area contributed by atoms with Crippen molar-refractivity contribution in [1.82, 2.24) is 10.2 Å².